The lowest BCUT2D eigenvalue weighted by Gasteiger charge is -1.46. The third kappa shape index (κ3) is 0.285. The van der Waals surface area contributed by atoms with Crippen LogP contribution in [0.2, 0.25) is 0 Å². The molecule has 0 aromatic rings. The van der Waals surface area contributed by atoms with Crippen LogP contribution in [-0.2, 0) is 0 Å². The van der Waals surface area contributed by atoms with E-state index in [0.717, 1.165) is 0 Å². The molecule has 5 heavy (non-hydrogen) atoms. The van der Waals surface area contributed by atoms with Crippen molar-refractivity contribution in [3.63, 3.8) is 0 Å². The molecule has 1 aliphatic carbocycles. The molecule has 0 bridgehead atoms. The number of hydrogen-bond acceptors (Lipinski definition) is 0. The summed E-state index contributed by atoms with van der Waals surface area (Å²) >= 11 is 0. The Morgan fingerprint density at radius 2 is 1.60 bits per heavy atom. The summed E-state index contributed by atoms with van der Waals surface area (Å²) in [6.45, 7) is 0. The predicted octanol–water partition coefficient (Wildman–Crippen LogP) is 1.27. The second-order valence-corrected chi connectivity index (χ2v) is 0.885. The molecule has 0 radical (unpaired) electrons. The van der Waals surface area contributed by atoms with Crippen molar-refractivity contribution in [3.8, 4) is 0 Å². The maximum absolute atomic E-state index is 2.86. The fourth-order valence-electron chi connectivity index (χ4n) is 0.278. The Labute approximate surface area is 31.1 Å². The molecule has 1 rings (SSSR count). The highest BCUT2D eigenvalue weighted by molar-refractivity contribution is 5.17. The van der Waals surface area contributed by atoms with E-state index in [0.29, 0.717) is 0 Å². The molecule has 0 aromatic heterocycles. The molecule has 0 aromatic carbocycles. The normalized spacial score (nSPS) is 14.4. The van der Waals surface area contributed by atoms with Crippen molar-refractivity contribution in [2.24, 2.45) is 0 Å². The van der Waals surface area contributed by atoms with E-state index in [9.17, 15) is 0 Å². The topological polar surface area (TPSA) is 0 Å². The maximum atomic E-state index is 2.86. The second-order valence-electron chi connectivity index (χ2n) is 0.885. The number of rotatable bonds is 0. The smallest absolute Gasteiger partial charge is 0.0200 e. The number of allylic oxidation sites excluding steroid dienone is 3. The molecule has 0 saturated carbocycles. The van der Waals surface area contributed by atoms with Crippen LogP contribution in [0.3, 0.4) is 0 Å². The quantitative estimate of drug-likeness (QED) is 0.295. The van der Waals surface area contributed by atoms with Crippen molar-refractivity contribution in [2.75, 3.05) is 0 Å². The average molecular weight is 66.1 g/mol. The summed E-state index contributed by atoms with van der Waals surface area (Å²) in [5, 5.41) is 0. The zero-order valence-electron chi connectivity index (χ0n) is 2.81. The van der Waals surface area contributed by atoms with Crippen molar-refractivity contribution in [3.05, 3.63) is 30.0 Å². The van der Waals surface area contributed by atoms with Gasteiger partial charge in [0.25, 0.3) is 0 Å². The first kappa shape index (κ1) is 2.49. The van der Waals surface area contributed by atoms with Gasteiger partial charge in [-0.25, -0.2) is 0 Å². The van der Waals surface area contributed by atoms with Gasteiger partial charge >= 0.3 is 0 Å². The van der Waals surface area contributed by atoms with E-state index < -0.39 is 0 Å². The maximum Gasteiger partial charge on any atom is -0.0200 e. The minimum Gasteiger partial charge on any atom is -0.121 e. The molecular formula is C5H4. The first-order valence-electron chi connectivity index (χ1n) is 1.58. The third-order valence-electron chi connectivity index (χ3n) is 0.496. The van der Waals surface area contributed by atoms with Gasteiger partial charge in [0, 0.05) is 0 Å². The van der Waals surface area contributed by atoms with Crippen LogP contribution >= 0.6 is 0 Å². The number of hydrogen-bond donors (Lipinski definition) is 0. The van der Waals surface area contributed by atoms with Gasteiger partial charge in [-0.2, -0.15) is 0 Å². The van der Waals surface area contributed by atoms with Crippen LogP contribution in [0, 0.1) is 0 Å². The van der Waals surface area contributed by atoms with Crippen LogP contribution < -0.4 is 0 Å². The van der Waals surface area contributed by atoms with E-state index in [4.69, 9.17) is 0 Å². The lowest BCUT2D eigenvalue weighted by Crippen LogP contribution is -1.26. The molecular weight excluding hydrogens is 62.0 g/mol. The van der Waals surface area contributed by atoms with Crippen LogP contribution in [0.1, 0.15) is 0 Å². The summed E-state index contributed by atoms with van der Waals surface area (Å²) in [6.07, 6.45) is 7.64. The van der Waals surface area contributed by atoms with Gasteiger partial charge in [0.1, 0.15) is 0 Å². The predicted molar refractivity (Wildman–Crippen MR) is 21.8 cm³/mol. The molecule has 0 saturated heterocycles. The summed E-state index contributed by atoms with van der Waals surface area (Å²) in [4.78, 5) is 0. The molecule has 0 amide bonds. The van der Waals surface area contributed by atoms with Gasteiger partial charge in [-0.05, 0) is 12.2 Å². The molecule has 0 nitrogen and oxygen atoms in total. The first-order valence-corrected chi connectivity index (χ1v) is 1.58. The molecule has 0 unspecified atom stereocenters. The summed E-state index contributed by atoms with van der Waals surface area (Å²) in [5.74, 6) is 0. The molecule has 0 atom stereocenters. The zero-order chi connectivity index (χ0) is 3.54. The Balaban J connectivity index is 2.98. The van der Waals surface area contributed by atoms with Crippen molar-refractivity contribution in [1.29, 1.82) is 0 Å². The lowest BCUT2D eigenvalue weighted by atomic mass is 10.7. The largest absolute Gasteiger partial charge is 0.121 e. The Bertz CT molecular complexity index is 91.2. The fraction of sp³-hybridized carbons (Fsp3) is 0. The summed E-state index contributed by atoms with van der Waals surface area (Å²) in [7, 11) is 0. The average Bonchev–Trinajstić information content (AvgIpc) is 1.76. The van der Waals surface area contributed by atoms with E-state index in [1.807, 2.05) is 24.3 Å². The van der Waals surface area contributed by atoms with E-state index in [-0.39, 0.29) is 0 Å². The van der Waals surface area contributed by atoms with Gasteiger partial charge in [0.15, 0.2) is 0 Å². The molecule has 24 valence electrons. The Kier molecular flexibility index (Phi) is 0.458. The highest BCUT2D eigenvalue weighted by Gasteiger charge is 1.61. The van der Waals surface area contributed by atoms with Gasteiger partial charge in [0.2, 0.25) is 0 Å². The minimum atomic E-state index is 1.88. The zero-order valence-corrected chi connectivity index (χ0v) is 2.81. The summed E-state index contributed by atoms with van der Waals surface area (Å²) in [5.41, 5.74) is 2.86. The van der Waals surface area contributed by atoms with E-state index in [1.165, 1.54) is 0 Å². The highest BCUT2D eigenvalue weighted by atomic mass is 14.2. The fourth-order valence-corrected chi connectivity index (χ4v) is 0.278. The Hall–Kier alpha value is -0.740. The van der Waals surface area contributed by atoms with Gasteiger partial charge in [-0.15, -0.1) is 5.73 Å². The van der Waals surface area contributed by atoms with E-state index in [1.54, 1.807) is 0 Å². The van der Waals surface area contributed by atoms with E-state index in [2.05, 4.69) is 5.73 Å². The Morgan fingerprint density at radius 1 is 1.00 bits per heavy atom. The highest BCUT2D eigenvalue weighted by Crippen LogP contribution is 1.81. The lowest BCUT2D eigenvalue weighted by molar-refractivity contribution is 2.10. The SMILES string of the molecule is C1=C[13CH]=[13C]=C1. The molecule has 0 fully saturated rings. The van der Waals surface area contributed by atoms with Crippen LogP contribution in [-0.4, -0.2) is 0 Å². The minimum absolute atomic E-state index is 1.88. The summed E-state index contributed by atoms with van der Waals surface area (Å²) < 4.78 is 0. The van der Waals surface area contributed by atoms with Crippen LogP contribution in [0.25, 0.3) is 0 Å². The van der Waals surface area contributed by atoms with Crippen molar-refractivity contribution < 1.29 is 0 Å². The van der Waals surface area contributed by atoms with Gasteiger partial charge in [-0.1, -0.05) is 12.2 Å². The van der Waals surface area contributed by atoms with E-state index >= 15 is 0 Å². The van der Waals surface area contributed by atoms with Gasteiger partial charge < -0.3 is 0 Å². The molecule has 0 N–H and O–H groups in total. The Morgan fingerprint density at radius 3 is 1.80 bits per heavy atom. The monoisotopic (exact) mass is 66.0 g/mol. The van der Waals surface area contributed by atoms with Crippen molar-refractivity contribution >= 4 is 0 Å². The van der Waals surface area contributed by atoms with Crippen molar-refractivity contribution in [1.82, 2.24) is 0 Å². The van der Waals surface area contributed by atoms with Crippen molar-refractivity contribution in [2.45, 2.75) is 0 Å². The van der Waals surface area contributed by atoms with Gasteiger partial charge in [0.05, 0.1) is 0 Å². The van der Waals surface area contributed by atoms with Crippen LogP contribution in [0.15, 0.2) is 30.0 Å². The summed E-state index contributed by atoms with van der Waals surface area (Å²) in [6, 6.07) is 0. The first-order chi connectivity index (χ1) is 2.50. The van der Waals surface area contributed by atoms with Crippen LogP contribution in [0.5, 0.6) is 0 Å². The van der Waals surface area contributed by atoms with Gasteiger partial charge in [-0.3, -0.25) is 0 Å². The van der Waals surface area contributed by atoms with Crippen LogP contribution in [0.4, 0.5) is 0 Å². The standard InChI is InChI=1S/C5H4/c1-2-4-5-3-1/h1-4H/i3+1,5+1. The molecule has 1 aliphatic rings. The second kappa shape index (κ2) is 0.918. The molecule has 0 heterocycles. The molecule has 0 heteroatoms. The molecule has 0 spiro atoms. The molecule has 0 aliphatic heterocycles. The third-order valence-corrected chi connectivity index (χ3v) is 0.496.